The van der Waals surface area contributed by atoms with Crippen molar-refractivity contribution in [2.24, 2.45) is 5.92 Å². The van der Waals surface area contributed by atoms with Gasteiger partial charge < -0.3 is 0 Å². The average Bonchev–Trinajstić information content (AvgIpc) is 2.38. The second-order valence-electron chi connectivity index (χ2n) is 5.49. The molecular weight excluding hydrogens is 287 g/mol. The maximum atomic E-state index is 12.7. The molecule has 1 atom stereocenters. The van der Waals surface area contributed by atoms with Crippen molar-refractivity contribution in [3.05, 3.63) is 35.4 Å². The van der Waals surface area contributed by atoms with Crippen LogP contribution >= 0.6 is 11.6 Å². The summed E-state index contributed by atoms with van der Waals surface area (Å²) in [7, 11) is 0. The van der Waals surface area contributed by atoms with Gasteiger partial charge in [-0.1, -0.05) is 18.2 Å². The fraction of sp³-hybridized carbons (Fsp3) is 0.600. The minimum absolute atomic E-state index is 0.172. The lowest BCUT2D eigenvalue weighted by Gasteiger charge is -2.33. The van der Waals surface area contributed by atoms with Gasteiger partial charge in [0.05, 0.1) is 5.56 Å². The zero-order valence-corrected chi connectivity index (χ0v) is 12.2. The number of halogens is 4. The summed E-state index contributed by atoms with van der Waals surface area (Å²) in [5.74, 6) is 0.523. The van der Waals surface area contributed by atoms with Gasteiger partial charge >= 0.3 is 6.18 Å². The summed E-state index contributed by atoms with van der Waals surface area (Å²) in [6.45, 7) is 4.39. The highest BCUT2D eigenvalue weighted by atomic mass is 35.5. The maximum absolute atomic E-state index is 12.7. The standard InChI is InChI=1S/C15H19ClF3N/c1-11(16)13-5-7-20(8-6-13)10-12-3-2-4-14(9-12)15(17,18)19/h2-4,9,11,13H,5-8,10H2,1H3. The zero-order valence-electron chi connectivity index (χ0n) is 11.5. The molecule has 1 saturated heterocycles. The van der Waals surface area contributed by atoms with Crippen LogP contribution in [0, 0.1) is 5.92 Å². The highest BCUT2D eigenvalue weighted by molar-refractivity contribution is 6.20. The van der Waals surface area contributed by atoms with E-state index >= 15 is 0 Å². The number of nitrogens with zero attached hydrogens (tertiary/aromatic N) is 1. The van der Waals surface area contributed by atoms with E-state index in [4.69, 9.17) is 11.6 Å². The SMILES string of the molecule is CC(Cl)C1CCN(Cc2cccc(C(F)(F)F)c2)CC1. The summed E-state index contributed by atoms with van der Waals surface area (Å²) in [5.41, 5.74) is 0.150. The molecule has 1 unspecified atom stereocenters. The molecule has 1 aliphatic heterocycles. The molecule has 5 heteroatoms. The molecule has 1 aromatic rings. The third-order valence-electron chi connectivity index (χ3n) is 3.94. The molecule has 1 nitrogen and oxygen atoms in total. The van der Waals surface area contributed by atoms with Crippen LogP contribution in [0.3, 0.4) is 0 Å². The molecule has 20 heavy (non-hydrogen) atoms. The van der Waals surface area contributed by atoms with Crippen LogP contribution in [0.25, 0.3) is 0 Å². The number of hydrogen-bond acceptors (Lipinski definition) is 1. The van der Waals surface area contributed by atoms with E-state index < -0.39 is 11.7 Å². The van der Waals surface area contributed by atoms with Gasteiger partial charge in [-0.25, -0.2) is 0 Å². The summed E-state index contributed by atoms with van der Waals surface area (Å²) < 4.78 is 38.0. The first kappa shape index (κ1) is 15.6. The molecule has 0 aliphatic carbocycles. The Hall–Kier alpha value is -0.740. The topological polar surface area (TPSA) is 3.24 Å². The monoisotopic (exact) mass is 305 g/mol. The highest BCUT2D eigenvalue weighted by Gasteiger charge is 2.30. The molecule has 1 aliphatic rings. The van der Waals surface area contributed by atoms with Gasteiger partial charge in [0.25, 0.3) is 0 Å². The number of rotatable bonds is 3. The second kappa shape index (κ2) is 6.35. The first-order valence-electron chi connectivity index (χ1n) is 6.89. The van der Waals surface area contributed by atoms with Crippen molar-refractivity contribution in [3.8, 4) is 0 Å². The summed E-state index contributed by atoms with van der Waals surface area (Å²) in [5, 5.41) is 0.172. The van der Waals surface area contributed by atoms with Crippen molar-refractivity contribution in [1.82, 2.24) is 4.90 Å². The van der Waals surface area contributed by atoms with Crippen LogP contribution in [0.2, 0.25) is 0 Å². The summed E-state index contributed by atoms with van der Waals surface area (Å²) in [6.07, 6.45) is -2.23. The molecule has 0 N–H and O–H groups in total. The quantitative estimate of drug-likeness (QED) is 0.741. The third-order valence-corrected chi connectivity index (χ3v) is 4.30. The first-order valence-corrected chi connectivity index (χ1v) is 7.32. The van der Waals surface area contributed by atoms with E-state index in [-0.39, 0.29) is 5.38 Å². The molecule has 2 rings (SSSR count). The van der Waals surface area contributed by atoms with Crippen LogP contribution in [-0.4, -0.2) is 23.4 Å². The lowest BCUT2D eigenvalue weighted by molar-refractivity contribution is -0.137. The van der Waals surface area contributed by atoms with Crippen LogP contribution in [0.1, 0.15) is 30.9 Å². The maximum Gasteiger partial charge on any atom is 0.416 e. The predicted molar refractivity (Wildman–Crippen MR) is 74.8 cm³/mol. The second-order valence-corrected chi connectivity index (χ2v) is 6.18. The summed E-state index contributed by atoms with van der Waals surface area (Å²) in [6, 6.07) is 5.60. The Balaban J connectivity index is 1.95. The van der Waals surface area contributed by atoms with Gasteiger partial charge in [-0.05, 0) is 50.4 Å². The van der Waals surface area contributed by atoms with Crippen LogP contribution in [0.5, 0.6) is 0 Å². The van der Waals surface area contributed by atoms with Crippen molar-refractivity contribution in [3.63, 3.8) is 0 Å². The lowest BCUT2D eigenvalue weighted by atomic mass is 9.93. The molecule has 0 radical (unpaired) electrons. The number of likely N-dealkylation sites (tertiary alicyclic amines) is 1. The van der Waals surface area contributed by atoms with Crippen molar-refractivity contribution in [2.75, 3.05) is 13.1 Å². The Bertz CT molecular complexity index is 437. The molecule has 0 aromatic heterocycles. The van der Waals surface area contributed by atoms with Gasteiger partial charge in [-0.2, -0.15) is 13.2 Å². The van der Waals surface area contributed by atoms with Gasteiger partial charge in [0.2, 0.25) is 0 Å². The molecular formula is C15H19ClF3N. The third kappa shape index (κ3) is 4.13. The largest absolute Gasteiger partial charge is 0.416 e. The molecule has 0 saturated carbocycles. The van der Waals surface area contributed by atoms with E-state index in [0.29, 0.717) is 12.5 Å². The zero-order chi connectivity index (χ0) is 14.8. The Labute approximate surface area is 122 Å². The van der Waals surface area contributed by atoms with E-state index in [2.05, 4.69) is 4.90 Å². The van der Waals surface area contributed by atoms with Crippen molar-refractivity contribution in [1.29, 1.82) is 0 Å². The minimum Gasteiger partial charge on any atom is -0.299 e. The Morgan fingerprint density at radius 3 is 2.50 bits per heavy atom. The fourth-order valence-electron chi connectivity index (χ4n) is 2.67. The van der Waals surface area contributed by atoms with Gasteiger partial charge in [-0.15, -0.1) is 11.6 Å². The van der Waals surface area contributed by atoms with Crippen LogP contribution in [-0.2, 0) is 12.7 Å². The Morgan fingerprint density at radius 1 is 1.30 bits per heavy atom. The normalized spacial score (nSPS) is 20.1. The fourth-order valence-corrected chi connectivity index (χ4v) is 2.93. The smallest absolute Gasteiger partial charge is 0.299 e. The van der Waals surface area contributed by atoms with E-state index in [1.54, 1.807) is 6.07 Å². The van der Waals surface area contributed by atoms with Crippen LogP contribution < -0.4 is 0 Å². The summed E-state index contributed by atoms with van der Waals surface area (Å²) in [4.78, 5) is 2.20. The van der Waals surface area contributed by atoms with Gasteiger partial charge in [0, 0.05) is 11.9 Å². The number of benzene rings is 1. The van der Waals surface area contributed by atoms with E-state index in [1.807, 2.05) is 6.92 Å². The van der Waals surface area contributed by atoms with E-state index in [1.165, 1.54) is 12.1 Å². The predicted octanol–water partition coefficient (Wildman–Crippen LogP) is 4.54. The van der Waals surface area contributed by atoms with Crippen molar-refractivity contribution in [2.45, 2.75) is 37.9 Å². The Morgan fingerprint density at radius 2 is 1.95 bits per heavy atom. The Kier molecular flexibility index (Phi) is 4.97. The van der Waals surface area contributed by atoms with Crippen LogP contribution in [0.15, 0.2) is 24.3 Å². The van der Waals surface area contributed by atoms with Gasteiger partial charge in [0.1, 0.15) is 0 Å². The summed E-state index contributed by atoms with van der Waals surface area (Å²) >= 11 is 6.09. The average molecular weight is 306 g/mol. The number of hydrogen-bond donors (Lipinski definition) is 0. The molecule has 1 aromatic carbocycles. The van der Waals surface area contributed by atoms with Gasteiger partial charge in [-0.3, -0.25) is 4.90 Å². The molecule has 0 spiro atoms. The van der Waals surface area contributed by atoms with E-state index in [0.717, 1.165) is 37.6 Å². The van der Waals surface area contributed by atoms with E-state index in [9.17, 15) is 13.2 Å². The van der Waals surface area contributed by atoms with Crippen molar-refractivity contribution < 1.29 is 13.2 Å². The molecule has 0 amide bonds. The molecule has 112 valence electrons. The molecule has 1 heterocycles. The number of piperidine rings is 1. The van der Waals surface area contributed by atoms with Crippen molar-refractivity contribution >= 4 is 11.6 Å². The number of alkyl halides is 4. The first-order chi connectivity index (χ1) is 9.36. The van der Waals surface area contributed by atoms with Gasteiger partial charge in [0.15, 0.2) is 0 Å². The lowest BCUT2D eigenvalue weighted by Crippen LogP contribution is -2.35. The highest BCUT2D eigenvalue weighted by Crippen LogP contribution is 2.30. The minimum atomic E-state index is -4.27. The molecule has 0 bridgehead atoms. The molecule has 1 fully saturated rings. The van der Waals surface area contributed by atoms with Crippen LogP contribution in [0.4, 0.5) is 13.2 Å².